The summed E-state index contributed by atoms with van der Waals surface area (Å²) in [6.07, 6.45) is 12.6. The van der Waals surface area contributed by atoms with Crippen molar-refractivity contribution in [2.24, 2.45) is 17.8 Å². The molecule has 0 fully saturated rings. The molecule has 3 unspecified atom stereocenters. The SMILES string of the molecule is Cc1c(C)c2c(c(C)c1OP(=O)(O)OCCOCCOCCOP(=O)(O)OC(C)C)CCC(C)(CCC[C@H](C)CCC[C@H](C)CCCC(C)C)O2. The number of rotatable bonds is 27. The Morgan fingerprint density at radius 2 is 1.22 bits per heavy atom. The fourth-order valence-electron chi connectivity index (χ4n) is 6.58. The molecule has 0 saturated heterocycles. The van der Waals surface area contributed by atoms with E-state index in [-0.39, 0.29) is 45.2 Å². The second kappa shape index (κ2) is 22.4. The van der Waals surface area contributed by atoms with Gasteiger partial charge in [-0.05, 0) is 102 Å². The molecule has 0 radical (unpaired) electrons. The van der Waals surface area contributed by atoms with Gasteiger partial charge in [0.1, 0.15) is 17.1 Å². The van der Waals surface area contributed by atoms with E-state index in [0.29, 0.717) is 11.7 Å². The zero-order chi connectivity index (χ0) is 38.2. The van der Waals surface area contributed by atoms with Crippen LogP contribution in [0, 0.1) is 38.5 Å². The van der Waals surface area contributed by atoms with Gasteiger partial charge in [-0.2, -0.15) is 0 Å². The van der Waals surface area contributed by atoms with Crippen LogP contribution in [0.15, 0.2) is 0 Å². The molecular weight excluding hydrogens is 694 g/mol. The van der Waals surface area contributed by atoms with Crippen molar-refractivity contribution < 1.29 is 51.2 Å². The van der Waals surface area contributed by atoms with Crippen molar-refractivity contribution in [1.29, 1.82) is 0 Å². The van der Waals surface area contributed by atoms with Gasteiger partial charge in [0.05, 0.1) is 45.7 Å². The standard InChI is InChI=1S/C38H70O11P2/c1-28(2)14-11-15-30(5)16-12-17-31(6)18-13-20-38(10)21-19-35-34(9)36(32(7)33(8)37(35)47-38)49-51(41,42)46-27-25-44-23-22-43-24-26-45-50(39,40)48-29(3)4/h28-31H,11-27H2,1-10H3,(H,39,40)(H,41,42)/t30-,31-,38?/m1/s1. The smallest absolute Gasteiger partial charge is 0.487 e. The molecule has 0 amide bonds. The number of phosphoric acid groups is 2. The van der Waals surface area contributed by atoms with Gasteiger partial charge in [0.15, 0.2) is 0 Å². The molecule has 1 aromatic rings. The molecule has 5 atom stereocenters. The van der Waals surface area contributed by atoms with Gasteiger partial charge in [0.25, 0.3) is 0 Å². The molecule has 2 rings (SSSR count). The van der Waals surface area contributed by atoms with Crippen molar-refractivity contribution in [2.45, 2.75) is 152 Å². The molecule has 0 aromatic heterocycles. The molecule has 0 saturated carbocycles. The first-order chi connectivity index (χ1) is 23.8. The van der Waals surface area contributed by atoms with E-state index < -0.39 is 21.7 Å². The van der Waals surface area contributed by atoms with Crippen molar-refractivity contribution >= 4 is 15.6 Å². The van der Waals surface area contributed by atoms with Crippen LogP contribution in [-0.2, 0) is 38.6 Å². The van der Waals surface area contributed by atoms with Crippen LogP contribution in [0.25, 0.3) is 0 Å². The van der Waals surface area contributed by atoms with E-state index in [2.05, 4.69) is 34.6 Å². The van der Waals surface area contributed by atoms with E-state index in [9.17, 15) is 18.9 Å². The fourth-order valence-corrected chi connectivity index (χ4v) is 8.34. The highest BCUT2D eigenvalue weighted by molar-refractivity contribution is 7.48. The Kier molecular flexibility index (Phi) is 20.3. The maximum Gasteiger partial charge on any atom is 0.527 e. The van der Waals surface area contributed by atoms with Crippen molar-refractivity contribution in [2.75, 3.05) is 39.6 Å². The summed E-state index contributed by atoms with van der Waals surface area (Å²) in [6, 6.07) is 0. The highest BCUT2D eigenvalue weighted by atomic mass is 31.2. The summed E-state index contributed by atoms with van der Waals surface area (Å²) in [5.74, 6) is 3.57. The molecule has 11 nitrogen and oxygen atoms in total. The van der Waals surface area contributed by atoms with Crippen LogP contribution in [0.4, 0.5) is 0 Å². The number of phosphoric ester groups is 2. The van der Waals surface area contributed by atoms with E-state index in [4.69, 9.17) is 32.3 Å². The van der Waals surface area contributed by atoms with Gasteiger partial charge in [0.2, 0.25) is 0 Å². The van der Waals surface area contributed by atoms with Gasteiger partial charge in [-0.3, -0.25) is 18.5 Å². The summed E-state index contributed by atoms with van der Waals surface area (Å²) in [4.78, 5) is 20.0. The number of hydrogen-bond donors (Lipinski definition) is 2. The minimum atomic E-state index is -4.42. The lowest BCUT2D eigenvalue weighted by Gasteiger charge is -2.38. The van der Waals surface area contributed by atoms with Crippen LogP contribution in [0.1, 0.15) is 135 Å². The van der Waals surface area contributed by atoms with Gasteiger partial charge in [-0.25, -0.2) is 9.13 Å². The summed E-state index contributed by atoms with van der Waals surface area (Å²) < 4.78 is 62.4. The van der Waals surface area contributed by atoms with Gasteiger partial charge < -0.3 is 23.6 Å². The highest BCUT2D eigenvalue weighted by Crippen LogP contribution is 2.51. The molecule has 298 valence electrons. The van der Waals surface area contributed by atoms with E-state index in [1.54, 1.807) is 13.8 Å². The van der Waals surface area contributed by atoms with Crippen molar-refractivity contribution in [3.05, 3.63) is 22.3 Å². The van der Waals surface area contributed by atoms with Crippen molar-refractivity contribution in [3.8, 4) is 11.5 Å². The third kappa shape index (κ3) is 17.8. The van der Waals surface area contributed by atoms with Crippen molar-refractivity contribution in [3.63, 3.8) is 0 Å². The van der Waals surface area contributed by atoms with Crippen LogP contribution in [-0.4, -0.2) is 61.1 Å². The lowest BCUT2D eigenvalue weighted by atomic mass is 9.84. The lowest BCUT2D eigenvalue weighted by molar-refractivity contribution is 0.0186. The third-order valence-corrected chi connectivity index (χ3v) is 11.8. The second-order valence-electron chi connectivity index (χ2n) is 15.5. The Morgan fingerprint density at radius 3 is 1.76 bits per heavy atom. The highest BCUT2D eigenvalue weighted by Gasteiger charge is 2.36. The normalized spacial score (nSPS) is 19.7. The van der Waals surface area contributed by atoms with E-state index in [1.165, 1.54) is 44.9 Å². The summed E-state index contributed by atoms with van der Waals surface area (Å²) in [6.45, 7) is 20.9. The Morgan fingerprint density at radius 1 is 0.706 bits per heavy atom. The average molecular weight is 765 g/mol. The number of ether oxygens (including phenoxy) is 3. The second-order valence-corrected chi connectivity index (χ2v) is 18.3. The summed E-state index contributed by atoms with van der Waals surface area (Å²) in [5, 5.41) is 0. The minimum absolute atomic E-state index is 0.0476. The molecule has 2 N–H and O–H groups in total. The maximum atomic E-state index is 12.9. The predicted octanol–water partition coefficient (Wildman–Crippen LogP) is 10.2. The van der Waals surface area contributed by atoms with Crippen LogP contribution in [0.5, 0.6) is 11.5 Å². The molecule has 1 aromatic carbocycles. The summed E-state index contributed by atoms with van der Waals surface area (Å²) in [7, 11) is -8.52. The van der Waals surface area contributed by atoms with Crippen LogP contribution >= 0.6 is 15.6 Å². The number of fused-ring (bicyclic) bond motifs is 1. The average Bonchev–Trinajstić information content (AvgIpc) is 3.02. The molecule has 0 bridgehead atoms. The molecule has 1 aliphatic heterocycles. The first-order valence-electron chi connectivity index (χ1n) is 19.1. The quantitative estimate of drug-likeness (QED) is 0.0654. The molecule has 13 heteroatoms. The van der Waals surface area contributed by atoms with Gasteiger partial charge in [-0.1, -0.05) is 72.6 Å². The van der Waals surface area contributed by atoms with Gasteiger partial charge >= 0.3 is 15.6 Å². The first kappa shape index (κ1) is 46.2. The van der Waals surface area contributed by atoms with Gasteiger partial charge in [0, 0.05) is 5.56 Å². The van der Waals surface area contributed by atoms with E-state index in [0.717, 1.165) is 65.5 Å². The molecule has 1 aliphatic rings. The molecule has 0 aliphatic carbocycles. The largest absolute Gasteiger partial charge is 0.527 e. The maximum absolute atomic E-state index is 12.9. The Labute approximate surface area is 309 Å². The molecule has 51 heavy (non-hydrogen) atoms. The summed E-state index contributed by atoms with van der Waals surface area (Å²) >= 11 is 0. The first-order valence-corrected chi connectivity index (χ1v) is 22.1. The lowest BCUT2D eigenvalue weighted by Crippen LogP contribution is -2.37. The van der Waals surface area contributed by atoms with E-state index in [1.807, 2.05) is 20.8 Å². The fraction of sp³-hybridized carbons (Fsp3) is 0.842. The van der Waals surface area contributed by atoms with Crippen LogP contribution in [0.3, 0.4) is 0 Å². The predicted molar refractivity (Wildman–Crippen MR) is 203 cm³/mol. The molecule has 1 heterocycles. The van der Waals surface area contributed by atoms with Crippen molar-refractivity contribution in [1.82, 2.24) is 0 Å². The zero-order valence-electron chi connectivity index (χ0n) is 33.3. The Bertz CT molecular complexity index is 1270. The molecule has 0 spiro atoms. The van der Waals surface area contributed by atoms with Crippen LogP contribution < -0.4 is 9.26 Å². The topological polar surface area (TPSA) is 139 Å². The number of benzene rings is 1. The zero-order valence-corrected chi connectivity index (χ0v) is 35.1. The minimum Gasteiger partial charge on any atom is -0.487 e. The van der Waals surface area contributed by atoms with Crippen LogP contribution in [0.2, 0.25) is 0 Å². The Hall–Kier alpha value is -1.00. The van der Waals surface area contributed by atoms with E-state index >= 15 is 0 Å². The van der Waals surface area contributed by atoms with Gasteiger partial charge in [-0.15, -0.1) is 0 Å². The monoisotopic (exact) mass is 764 g/mol. The molecular formula is C38H70O11P2. The third-order valence-electron chi connectivity index (χ3n) is 9.73. The number of hydrogen-bond acceptors (Lipinski definition) is 9. The Balaban J connectivity index is 1.76. The summed E-state index contributed by atoms with van der Waals surface area (Å²) in [5.41, 5.74) is 3.24.